The third-order valence-electron chi connectivity index (χ3n) is 5.01. The Kier molecular flexibility index (Phi) is 6.56. The molecule has 1 fully saturated rings. The van der Waals surface area contributed by atoms with Crippen molar-refractivity contribution >= 4 is 21.7 Å². The van der Waals surface area contributed by atoms with Gasteiger partial charge in [-0.15, -0.1) is 0 Å². The fourth-order valence-corrected chi connectivity index (χ4v) is 4.29. The van der Waals surface area contributed by atoms with Gasteiger partial charge in [-0.3, -0.25) is 0 Å². The quantitative estimate of drug-likeness (QED) is 0.670. The van der Waals surface area contributed by atoms with Gasteiger partial charge in [-0.05, 0) is 30.8 Å². The minimum atomic E-state index is -3.72. The molecule has 156 valence electrons. The number of hydrogen-bond donors (Lipinski definition) is 0. The van der Waals surface area contributed by atoms with Crippen molar-refractivity contribution in [2.45, 2.75) is 11.5 Å². The number of piperazine rings is 1. The van der Waals surface area contributed by atoms with E-state index >= 15 is 0 Å². The van der Waals surface area contributed by atoms with Crippen molar-refractivity contribution in [3.8, 4) is 0 Å². The molecule has 0 spiro atoms. The Hall–Kier alpha value is -2.42. The second kappa shape index (κ2) is 8.94. The summed E-state index contributed by atoms with van der Waals surface area (Å²) in [6.07, 6.45) is 0. The van der Waals surface area contributed by atoms with E-state index in [0.717, 1.165) is 31.7 Å². The molecule has 3 rings (SSSR count). The van der Waals surface area contributed by atoms with E-state index in [2.05, 4.69) is 9.80 Å². The third kappa shape index (κ3) is 4.95. The number of anilines is 1. The van der Waals surface area contributed by atoms with Crippen molar-refractivity contribution < 1.29 is 17.9 Å². The molecule has 1 aliphatic rings. The van der Waals surface area contributed by atoms with Crippen LogP contribution < -0.4 is 4.90 Å². The van der Waals surface area contributed by atoms with Gasteiger partial charge in [-0.25, -0.2) is 17.5 Å². The molecule has 0 bridgehead atoms. The normalized spacial score (nSPS) is 15.5. The number of sulfonamides is 1. The fourth-order valence-electron chi connectivity index (χ4n) is 3.16. The van der Waals surface area contributed by atoms with E-state index in [1.807, 2.05) is 37.4 Å². The van der Waals surface area contributed by atoms with Crippen LogP contribution in [0, 0.1) is 0 Å². The van der Waals surface area contributed by atoms with Gasteiger partial charge < -0.3 is 14.5 Å². The van der Waals surface area contributed by atoms with Gasteiger partial charge in [0.1, 0.15) is 11.5 Å². The molecule has 7 nitrogen and oxygen atoms in total. The summed E-state index contributed by atoms with van der Waals surface area (Å²) in [6.45, 7) is 3.29. The van der Waals surface area contributed by atoms with Crippen LogP contribution in [0.1, 0.15) is 15.9 Å². The van der Waals surface area contributed by atoms with Crippen LogP contribution in [0.25, 0.3) is 0 Å². The van der Waals surface area contributed by atoms with E-state index < -0.39 is 16.0 Å². The van der Waals surface area contributed by atoms with Crippen LogP contribution >= 0.6 is 0 Å². The van der Waals surface area contributed by atoms with Gasteiger partial charge in [0.25, 0.3) is 0 Å². The van der Waals surface area contributed by atoms with E-state index in [-0.39, 0.29) is 17.1 Å². The molecule has 0 saturated carbocycles. The maximum absolute atomic E-state index is 13.0. The highest BCUT2D eigenvalue weighted by atomic mass is 32.2. The van der Waals surface area contributed by atoms with Crippen molar-refractivity contribution in [2.75, 3.05) is 52.2 Å². The van der Waals surface area contributed by atoms with Crippen molar-refractivity contribution in [1.82, 2.24) is 9.21 Å². The van der Waals surface area contributed by atoms with Gasteiger partial charge in [0.15, 0.2) is 0 Å². The average molecular weight is 418 g/mol. The summed E-state index contributed by atoms with van der Waals surface area (Å²) < 4.78 is 32.4. The first-order valence-electron chi connectivity index (χ1n) is 9.50. The standard InChI is InChI=1S/C21H27N3O4S/c1-22(2)29(26,27)20-15-18(21(25)28-16-17-7-5-4-6-8-17)9-10-19(20)24-13-11-23(3)12-14-24/h4-10,15H,11-14,16H2,1-3H3. The molecule has 1 saturated heterocycles. The summed E-state index contributed by atoms with van der Waals surface area (Å²) in [5, 5.41) is 0. The molecule has 0 radical (unpaired) electrons. The minimum Gasteiger partial charge on any atom is -0.457 e. The molecule has 2 aromatic carbocycles. The maximum Gasteiger partial charge on any atom is 0.338 e. The SMILES string of the molecule is CN1CCN(c2ccc(C(=O)OCc3ccccc3)cc2S(=O)(=O)N(C)C)CC1. The Morgan fingerprint density at radius 3 is 2.31 bits per heavy atom. The minimum absolute atomic E-state index is 0.126. The molecule has 0 aliphatic carbocycles. The van der Waals surface area contributed by atoms with Crippen LogP contribution in [0.15, 0.2) is 53.4 Å². The zero-order chi connectivity index (χ0) is 21.0. The van der Waals surface area contributed by atoms with Crippen LogP contribution in [-0.2, 0) is 21.4 Å². The van der Waals surface area contributed by atoms with E-state index in [0.29, 0.717) is 5.69 Å². The lowest BCUT2D eigenvalue weighted by Crippen LogP contribution is -2.45. The molecule has 29 heavy (non-hydrogen) atoms. The molecule has 2 aromatic rings. The average Bonchev–Trinajstić information content (AvgIpc) is 2.73. The summed E-state index contributed by atoms with van der Waals surface area (Å²) in [7, 11) is 1.30. The summed E-state index contributed by atoms with van der Waals surface area (Å²) in [4.78, 5) is 16.9. The highest BCUT2D eigenvalue weighted by molar-refractivity contribution is 7.89. The Morgan fingerprint density at radius 1 is 1.03 bits per heavy atom. The monoisotopic (exact) mass is 417 g/mol. The van der Waals surface area contributed by atoms with Crippen molar-refractivity contribution in [3.63, 3.8) is 0 Å². The van der Waals surface area contributed by atoms with E-state index in [1.54, 1.807) is 12.1 Å². The van der Waals surface area contributed by atoms with Gasteiger partial charge in [0.05, 0.1) is 11.3 Å². The number of benzene rings is 2. The predicted molar refractivity (Wildman–Crippen MR) is 113 cm³/mol. The Labute approximate surface area is 172 Å². The largest absolute Gasteiger partial charge is 0.457 e. The molecule has 0 amide bonds. The van der Waals surface area contributed by atoms with Crippen LogP contribution in [0.2, 0.25) is 0 Å². The Bertz CT molecular complexity index is 953. The van der Waals surface area contributed by atoms with E-state index in [1.165, 1.54) is 24.5 Å². The van der Waals surface area contributed by atoms with Gasteiger partial charge in [0, 0.05) is 40.3 Å². The molecule has 0 N–H and O–H groups in total. The molecule has 1 heterocycles. The predicted octanol–water partition coefficient (Wildman–Crippen LogP) is 2.05. The molecule has 0 unspecified atom stereocenters. The second-order valence-electron chi connectivity index (χ2n) is 7.32. The zero-order valence-electron chi connectivity index (χ0n) is 17.0. The first-order valence-corrected chi connectivity index (χ1v) is 10.9. The van der Waals surface area contributed by atoms with Gasteiger partial charge in [-0.1, -0.05) is 30.3 Å². The van der Waals surface area contributed by atoms with E-state index in [4.69, 9.17) is 4.74 Å². The highest BCUT2D eigenvalue weighted by Gasteiger charge is 2.27. The van der Waals surface area contributed by atoms with Crippen LogP contribution in [-0.4, -0.2) is 70.9 Å². The van der Waals surface area contributed by atoms with Crippen molar-refractivity contribution in [3.05, 3.63) is 59.7 Å². The van der Waals surface area contributed by atoms with Gasteiger partial charge >= 0.3 is 5.97 Å². The summed E-state index contributed by atoms with van der Waals surface area (Å²) >= 11 is 0. The lowest BCUT2D eigenvalue weighted by atomic mass is 10.1. The summed E-state index contributed by atoms with van der Waals surface area (Å²) in [6, 6.07) is 14.1. The first kappa shape index (κ1) is 21.3. The van der Waals surface area contributed by atoms with Gasteiger partial charge in [-0.2, -0.15) is 0 Å². The lowest BCUT2D eigenvalue weighted by molar-refractivity contribution is 0.0472. The number of likely N-dealkylation sites (N-methyl/N-ethyl adjacent to an activating group) is 1. The molecule has 8 heteroatoms. The number of ether oxygens (including phenoxy) is 1. The van der Waals surface area contributed by atoms with E-state index in [9.17, 15) is 13.2 Å². The number of carbonyl (C=O) groups excluding carboxylic acids is 1. The van der Waals surface area contributed by atoms with Crippen molar-refractivity contribution in [1.29, 1.82) is 0 Å². The summed E-state index contributed by atoms with van der Waals surface area (Å²) in [5.74, 6) is -0.547. The Morgan fingerprint density at radius 2 is 1.69 bits per heavy atom. The van der Waals surface area contributed by atoms with Gasteiger partial charge in [0.2, 0.25) is 10.0 Å². The number of nitrogens with zero attached hydrogens (tertiary/aromatic N) is 3. The van der Waals surface area contributed by atoms with Crippen LogP contribution in [0.3, 0.4) is 0 Å². The highest BCUT2D eigenvalue weighted by Crippen LogP contribution is 2.29. The summed E-state index contributed by atoms with van der Waals surface area (Å²) in [5.41, 5.74) is 1.71. The third-order valence-corrected chi connectivity index (χ3v) is 6.86. The first-order chi connectivity index (χ1) is 13.8. The molecule has 1 aliphatic heterocycles. The van der Waals surface area contributed by atoms with Crippen LogP contribution in [0.5, 0.6) is 0 Å². The molecular weight excluding hydrogens is 390 g/mol. The van der Waals surface area contributed by atoms with Crippen molar-refractivity contribution in [2.24, 2.45) is 0 Å². The molecule has 0 aromatic heterocycles. The van der Waals surface area contributed by atoms with Crippen LogP contribution in [0.4, 0.5) is 5.69 Å². The number of esters is 1. The Balaban J connectivity index is 1.88. The number of carbonyl (C=O) groups is 1. The topological polar surface area (TPSA) is 70.2 Å². The zero-order valence-corrected chi connectivity index (χ0v) is 17.9. The smallest absolute Gasteiger partial charge is 0.338 e. The maximum atomic E-state index is 13.0. The second-order valence-corrected chi connectivity index (χ2v) is 9.44. The lowest BCUT2D eigenvalue weighted by Gasteiger charge is -2.35. The molecular formula is C21H27N3O4S. The number of hydrogen-bond acceptors (Lipinski definition) is 6. The fraction of sp³-hybridized carbons (Fsp3) is 0.381. The molecule has 0 atom stereocenters. The number of rotatable bonds is 6.